The van der Waals surface area contributed by atoms with E-state index in [1.807, 2.05) is 12.2 Å². The average molecular weight is 167 g/mol. The van der Waals surface area contributed by atoms with Gasteiger partial charge in [-0.2, -0.15) is 0 Å². The van der Waals surface area contributed by atoms with E-state index in [4.69, 9.17) is 4.74 Å². The van der Waals surface area contributed by atoms with Gasteiger partial charge in [0, 0.05) is 6.92 Å². The standard InChI is InChI=1S/C8H9NO3/c1-5(10)12-4-9-7-3-2-6(7)8(9)11/h2-3,6-7H,4H2,1H3/t6-,7-/m0/s1. The van der Waals surface area contributed by atoms with Gasteiger partial charge in [0.25, 0.3) is 0 Å². The minimum absolute atomic E-state index is 0.0590. The Hall–Kier alpha value is -1.32. The van der Waals surface area contributed by atoms with E-state index >= 15 is 0 Å². The predicted octanol–water partition coefficient (Wildman–Crippen LogP) is -0.0962. The van der Waals surface area contributed by atoms with E-state index < -0.39 is 0 Å². The minimum Gasteiger partial charge on any atom is -0.444 e. The first-order valence-corrected chi connectivity index (χ1v) is 3.82. The third-order valence-corrected chi connectivity index (χ3v) is 2.22. The highest BCUT2D eigenvalue weighted by Gasteiger charge is 2.49. The summed E-state index contributed by atoms with van der Waals surface area (Å²) in [4.78, 5) is 23.1. The number of esters is 1. The van der Waals surface area contributed by atoms with Gasteiger partial charge in [-0.3, -0.25) is 9.59 Å². The number of nitrogens with zero attached hydrogens (tertiary/aromatic N) is 1. The Morgan fingerprint density at radius 1 is 1.67 bits per heavy atom. The molecule has 1 heterocycles. The number of carbonyl (C=O) groups is 2. The van der Waals surface area contributed by atoms with Crippen LogP contribution < -0.4 is 0 Å². The summed E-state index contributed by atoms with van der Waals surface area (Å²) in [6.07, 6.45) is 3.81. The third-order valence-electron chi connectivity index (χ3n) is 2.22. The lowest BCUT2D eigenvalue weighted by molar-refractivity contribution is -0.167. The smallest absolute Gasteiger partial charge is 0.304 e. The van der Waals surface area contributed by atoms with Crippen molar-refractivity contribution < 1.29 is 14.3 Å². The van der Waals surface area contributed by atoms with Gasteiger partial charge < -0.3 is 9.64 Å². The second-order valence-corrected chi connectivity index (χ2v) is 2.97. The number of fused-ring (bicyclic) bond motifs is 1. The Morgan fingerprint density at radius 2 is 2.42 bits per heavy atom. The van der Waals surface area contributed by atoms with Gasteiger partial charge in [0.1, 0.15) is 0 Å². The van der Waals surface area contributed by atoms with Crippen LogP contribution in [0.3, 0.4) is 0 Å². The van der Waals surface area contributed by atoms with Gasteiger partial charge in [0.15, 0.2) is 6.73 Å². The average Bonchev–Trinajstić information content (AvgIpc) is 1.94. The molecule has 0 bridgehead atoms. The minimum atomic E-state index is -0.352. The molecule has 1 amide bonds. The number of carbonyl (C=O) groups excluding carboxylic acids is 2. The molecule has 1 aliphatic heterocycles. The summed E-state index contributed by atoms with van der Waals surface area (Å²) in [5.41, 5.74) is 0. The quantitative estimate of drug-likeness (QED) is 0.328. The summed E-state index contributed by atoms with van der Waals surface area (Å²) in [5.74, 6) is -0.223. The van der Waals surface area contributed by atoms with Crippen molar-refractivity contribution in [1.82, 2.24) is 4.90 Å². The Labute approximate surface area is 69.8 Å². The molecule has 12 heavy (non-hydrogen) atoms. The Kier molecular flexibility index (Phi) is 1.43. The molecule has 0 unspecified atom stereocenters. The van der Waals surface area contributed by atoms with E-state index in [9.17, 15) is 9.59 Å². The molecular weight excluding hydrogens is 158 g/mol. The van der Waals surface area contributed by atoms with E-state index in [2.05, 4.69) is 0 Å². The first-order chi connectivity index (χ1) is 5.70. The molecule has 64 valence electrons. The van der Waals surface area contributed by atoms with Crippen molar-refractivity contribution in [2.45, 2.75) is 13.0 Å². The van der Waals surface area contributed by atoms with Crippen LogP contribution in [-0.4, -0.2) is 29.5 Å². The van der Waals surface area contributed by atoms with Crippen LogP contribution in [0.1, 0.15) is 6.92 Å². The first kappa shape index (κ1) is 7.34. The second-order valence-electron chi connectivity index (χ2n) is 2.97. The zero-order valence-electron chi connectivity index (χ0n) is 6.69. The molecule has 0 saturated carbocycles. The summed E-state index contributed by atoms with van der Waals surface area (Å²) in [6, 6.07) is 0.192. The summed E-state index contributed by atoms with van der Waals surface area (Å²) in [6.45, 7) is 1.43. The third kappa shape index (κ3) is 0.841. The topological polar surface area (TPSA) is 46.6 Å². The molecule has 0 spiro atoms. The molecular formula is C8H9NO3. The summed E-state index contributed by atoms with van der Waals surface area (Å²) in [7, 11) is 0. The summed E-state index contributed by atoms with van der Waals surface area (Å²) >= 11 is 0. The molecule has 0 aromatic carbocycles. The van der Waals surface area contributed by atoms with Crippen molar-refractivity contribution in [1.29, 1.82) is 0 Å². The van der Waals surface area contributed by atoms with Crippen LogP contribution in [0, 0.1) is 5.92 Å². The lowest BCUT2D eigenvalue weighted by atomic mass is 9.79. The van der Waals surface area contributed by atoms with Crippen LogP contribution in [-0.2, 0) is 14.3 Å². The Bertz CT molecular complexity index is 271. The zero-order chi connectivity index (χ0) is 8.72. The molecule has 0 aromatic rings. The van der Waals surface area contributed by atoms with Crippen molar-refractivity contribution in [2.24, 2.45) is 5.92 Å². The molecule has 0 radical (unpaired) electrons. The molecule has 4 heteroatoms. The van der Waals surface area contributed by atoms with Crippen LogP contribution in [0.4, 0.5) is 0 Å². The van der Waals surface area contributed by atoms with Gasteiger partial charge >= 0.3 is 5.97 Å². The van der Waals surface area contributed by atoms with Crippen molar-refractivity contribution in [3.05, 3.63) is 12.2 Å². The van der Waals surface area contributed by atoms with E-state index in [-0.39, 0.29) is 30.6 Å². The molecule has 2 atom stereocenters. The Balaban J connectivity index is 1.87. The number of likely N-dealkylation sites (tertiary alicyclic amines) is 1. The largest absolute Gasteiger partial charge is 0.444 e. The number of hydrogen-bond donors (Lipinski definition) is 0. The SMILES string of the molecule is CC(=O)OCN1C(=O)[C@H]2C=C[C@@H]21. The van der Waals surface area contributed by atoms with Gasteiger partial charge in [0.2, 0.25) is 5.91 Å². The fourth-order valence-electron chi connectivity index (χ4n) is 1.41. The van der Waals surface area contributed by atoms with Crippen LogP contribution >= 0.6 is 0 Å². The van der Waals surface area contributed by atoms with E-state index in [1.165, 1.54) is 6.92 Å². The van der Waals surface area contributed by atoms with Crippen molar-refractivity contribution >= 4 is 11.9 Å². The molecule has 0 N–H and O–H groups in total. The van der Waals surface area contributed by atoms with Crippen LogP contribution in [0.5, 0.6) is 0 Å². The second kappa shape index (κ2) is 2.33. The first-order valence-electron chi connectivity index (χ1n) is 3.82. The predicted molar refractivity (Wildman–Crippen MR) is 39.9 cm³/mol. The number of rotatable bonds is 2. The molecule has 0 aromatic heterocycles. The van der Waals surface area contributed by atoms with Gasteiger partial charge in [-0.05, 0) is 0 Å². The summed E-state index contributed by atoms with van der Waals surface area (Å²) < 4.78 is 4.70. The van der Waals surface area contributed by atoms with Crippen molar-refractivity contribution in [3.63, 3.8) is 0 Å². The summed E-state index contributed by atoms with van der Waals surface area (Å²) in [5, 5.41) is 0. The van der Waals surface area contributed by atoms with E-state index in [0.717, 1.165) is 0 Å². The maximum absolute atomic E-state index is 11.1. The number of ether oxygens (including phenoxy) is 1. The van der Waals surface area contributed by atoms with Crippen LogP contribution in [0.25, 0.3) is 0 Å². The van der Waals surface area contributed by atoms with Crippen LogP contribution in [0.15, 0.2) is 12.2 Å². The molecule has 4 nitrogen and oxygen atoms in total. The highest BCUT2D eigenvalue weighted by molar-refractivity contribution is 5.90. The zero-order valence-corrected chi connectivity index (χ0v) is 6.69. The molecule has 2 rings (SSSR count). The van der Waals surface area contributed by atoms with Crippen LogP contribution in [0.2, 0.25) is 0 Å². The number of amides is 1. The lowest BCUT2D eigenvalue weighted by Gasteiger charge is -2.48. The fourth-order valence-corrected chi connectivity index (χ4v) is 1.41. The monoisotopic (exact) mass is 167 g/mol. The van der Waals surface area contributed by atoms with Gasteiger partial charge in [0.05, 0.1) is 12.0 Å². The molecule has 1 fully saturated rings. The van der Waals surface area contributed by atoms with E-state index in [0.29, 0.717) is 0 Å². The maximum atomic E-state index is 11.1. The maximum Gasteiger partial charge on any atom is 0.304 e. The highest BCUT2D eigenvalue weighted by atomic mass is 16.5. The number of hydrogen-bond acceptors (Lipinski definition) is 3. The van der Waals surface area contributed by atoms with E-state index in [1.54, 1.807) is 4.90 Å². The molecule has 1 saturated heterocycles. The normalized spacial score (nSPS) is 30.4. The van der Waals surface area contributed by atoms with Gasteiger partial charge in [-0.25, -0.2) is 0 Å². The molecule has 2 aliphatic rings. The molecule has 1 aliphatic carbocycles. The van der Waals surface area contributed by atoms with Crippen molar-refractivity contribution in [2.75, 3.05) is 6.73 Å². The number of β-lactam (4-membered cyclic amide) rings is 1. The fraction of sp³-hybridized carbons (Fsp3) is 0.500. The highest BCUT2D eigenvalue weighted by Crippen LogP contribution is 2.35. The van der Waals surface area contributed by atoms with Crippen molar-refractivity contribution in [3.8, 4) is 0 Å². The van der Waals surface area contributed by atoms with Gasteiger partial charge in [-0.15, -0.1) is 0 Å². The van der Waals surface area contributed by atoms with Gasteiger partial charge in [-0.1, -0.05) is 12.2 Å². The Morgan fingerprint density at radius 3 is 2.83 bits per heavy atom. The lowest BCUT2D eigenvalue weighted by Crippen LogP contribution is -2.63.